The van der Waals surface area contributed by atoms with Crippen molar-refractivity contribution in [2.45, 2.75) is 322 Å². The molecule has 4 N–H and O–H groups in total. The van der Waals surface area contributed by atoms with Crippen molar-refractivity contribution in [1.29, 1.82) is 0 Å². The molecule has 0 saturated heterocycles. The van der Waals surface area contributed by atoms with Crippen LogP contribution in [0.15, 0.2) is 122 Å². The van der Waals surface area contributed by atoms with E-state index in [2.05, 4.69) is 142 Å². The SMILES string of the molecule is CC/C=C\C/C=C\C/C=C\C/C=C\C/C=C\CCCCCC(=O)OCC(COP(=O)(O)OCC(O)COP(=O)(O)OCC(O)COC(=O)CCCCCCCCCCCCC/C=C\C/C=C\C/C=C\C/C=C\CCCCC)OC(=O)CCCCCCC/C=C\CCCCCCCC. The monoisotopic (exact) mass is 1400 g/mol. The zero-order valence-electron chi connectivity index (χ0n) is 60.7. The second-order valence-corrected chi connectivity index (χ2v) is 28.0. The van der Waals surface area contributed by atoms with Crippen LogP contribution in [0, 0.1) is 0 Å². The van der Waals surface area contributed by atoms with Crippen LogP contribution in [0.25, 0.3) is 0 Å². The quantitative estimate of drug-likeness (QED) is 0.0146. The van der Waals surface area contributed by atoms with Crippen LogP contribution in [0.1, 0.15) is 303 Å². The first-order valence-electron chi connectivity index (χ1n) is 37.8. The number of aliphatic hydroxyl groups is 2. The summed E-state index contributed by atoms with van der Waals surface area (Å²) in [6, 6.07) is 0. The normalized spacial score (nSPS) is 14.8. The lowest BCUT2D eigenvalue weighted by atomic mass is 10.0. The summed E-state index contributed by atoms with van der Waals surface area (Å²) in [6.07, 6.45) is 83.9. The highest BCUT2D eigenvalue weighted by atomic mass is 31.2. The third-order valence-electron chi connectivity index (χ3n) is 15.6. The Hall–Kier alpha value is -4.05. The molecule has 5 unspecified atom stereocenters. The van der Waals surface area contributed by atoms with Crippen molar-refractivity contribution < 1.29 is 75.8 Å². The number of allylic oxidation sites excluding steroid dienone is 20. The molecule has 0 aromatic heterocycles. The van der Waals surface area contributed by atoms with E-state index >= 15 is 0 Å². The lowest BCUT2D eigenvalue weighted by Crippen LogP contribution is -2.30. The summed E-state index contributed by atoms with van der Waals surface area (Å²) in [4.78, 5) is 58.5. The lowest BCUT2D eigenvalue weighted by molar-refractivity contribution is -0.161. The van der Waals surface area contributed by atoms with E-state index in [1.165, 1.54) is 109 Å². The van der Waals surface area contributed by atoms with Crippen molar-refractivity contribution in [3.05, 3.63) is 122 Å². The summed E-state index contributed by atoms with van der Waals surface area (Å²) >= 11 is 0. The maximum atomic E-state index is 12.9. The molecule has 97 heavy (non-hydrogen) atoms. The molecule has 0 aromatic rings. The minimum atomic E-state index is -4.94. The molecular weight excluding hydrogens is 1270 g/mol. The van der Waals surface area contributed by atoms with Gasteiger partial charge >= 0.3 is 33.6 Å². The second kappa shape index (κ2) is 71.8. The zero-order valence-corrected chi connectivity index (χ0v) is 62.5. The van der Waals surface area contributed by atoms with Crippen LogP contribution < -0.4 is 0 Å². The maximum absolute atomic E-state index is 12.9. The Bertz CT molecular complexity index is 2250. The highest BCUT2D eigenvalue weighted by Gasteiger charge is 2.29. The third-order valence-corrected chi connectivity index (χ3v) is 17.5. The van der Waals surface area contributed by atoms with Gasteiger partial charge in [0, 0.05) is 19.3 Å². The predicted molar refractivity (Wildman–Crippen MR) is 399 cm³/mol. The molecule has 558 valence electrons. The van der Waals surface area contributed by atoms with Gasteiger partial charge < -0.3 is 34.2 Å². The molecule has 0 spiro atoms. The number of carbonyl (C=O) groups is 3. The highest BCUT2D eigenvalue weighted by Crippen LogP contribution is 2.45. The summed E-state index contributed by atoms with van der Waals surface area (Å²) < 4.78 is 61.0. The molecule has 0 radical (unpaired) electrons. The first-order chi connectivity index (χ1) is 47.2. The molecule has 0 aliphatic rings. The smallest absolute Gasteiger partial charge is 0.463 e. The van der Waals surface area contributed by atoms with Gasteiger partial charge in [0.25, 0.3) is 0 Å². The third kappa shape index (κ3) is 73.0. The Labute approximate surface area is 589 Å². The van der Waals surface area contributed by atoms with Crippen LogP contribution in [0.2, 0.25) is 0 Å². The minimum Gasteiger partial charge on any atom is -0.463 e. The molecule has 0 rings (SSSR count). The van der Waals surface area contributed by atoms with Gasteiger partial charge in [0.2, 0.25) is 0 Å². The molecule has 18 heteroatoms. The molecule has 0 aliphatic heterocycles. The Morgan fingerprint density at radius 2 is 0.546 bits per heavy atom. The van der Waals surface area contributed by atoms with Crippen molar-refractivity contribution in [2.75, 3.05) is 39.6 Å². The minimum absolute atomic E-state index is 0.0851. The van der Waals surface area contributed by atoms with E-state index in [1.54, 1.807) is 0 Å². The van der Waals surface area contributed by atoms with E-state index < -0.39 is 91.5 Å². The summed E-state index contributed by atoms with van der Waals surface area (Å²) in [5, 5.41) is 20.6. The zero-order chi connectivity index (χ0) is 70.9. The van der Waals surface area contributed by atoms with E-state index in [4.69, 9.17) is 32.3 Å². The Morgan fingerprint density at radius 1 is 0.299 bits per heavy atom. The van der Waals surface area contributed by atoms with E-state index in [-0.39, 0.29) is 19.3 Å². The van der Waals surface area contributed by atoms with Crippen molar-refractivity contribution in [3.63, 3.8) is 0 Å². The fourth-order valence-corrected chi connectivity index (χ4v) is 11.5. The molecular formula is C79H136O16P2. The van der Waals surface area contributed by atoms with Gasteiger partial charge in [-0.15, -0.1) is 0 Å². The molecule has 5 atom stereocenters. The fourth-order valence-electron chi connectivity index (χ4n) is 9.87. The van der Waals surface area contributed by atoms with Gasteiger partial charge in [0.15, 0.2) is 6.10 Å². The molecule has 0 heterocycles. The average molecular weight is 1400 g/mol. The Kier molecular flexibility index (Phi) is 68.8. The van der Waals surface area contributed by atoms with E-state index in [0.29, 0.717) is 19.3 Å². The van der Waals surface area contributed by atoms with Gasteiger partial charge in [-0.3, -0.25) is 32.5 Å². The van der Waals surface area contributed by atoms with Crippen LogP contribution >= 0.6 is 15.6 Å². The average Bonchev–Trinajstić information content (AvgIpc) is 2.48. The topological polar surface area (TPSA) is 231 Å². The number of hydrogen-bond acceptors (Lipinski definition) is 14. The number of esters is 3. The fraction of sp³-hybridized carbons (Fsp3) is 0.709. The van der Waals surface area contributed by atoms with Crippen LogP contribution in [-0.4, -0.2) is 95.9 Å². The first kappa shape index (κ1) is 93.0. The maximum Gasteiger partial charge on any atom is 0.472 e. The summed E-state index contributed by atoms with van der Waals surface area (Å²) in [6.45, 7) is 2.49. The number of carbonyl (C=O) groups excluding carboxylic acids is 3. The van der Waals surface area contributed by atoms with Gasteiger partial charge in [-0.05, 0) is 135 Å². The summed E-state index contributed by atoms with van der Waals surface area (Å²) in [5.74, 6) is -1.62. The molecule has 0 amide bonds. The lowest BCUT2D eigenvalue weighted by Gasteiger charge is -2.21. The van der Waals surface area contributed by atoms with Gasteiger partial charge in [-0.1, -0.05) is 271 Å². The molecule has 0 bridgehead atoms. The van der Waals surface area contributed by atoms with Gasteiger partial charge in [-0.25, -0.2) is 9.13 Å². The van der Waals surface area contributed by atoms with Crippen LogP contribution in [0.5, 0.6) is 0 Å². The summed E-state index contributed by atoms with van der Waals surface area (Å²) in [7, 11) is -9.80. The number of aliphatic hydroxyl groups excluding tert-OH is 2. The van der Waals surface area contributed by atoms with Gasteiger partial charge in [0.1, 0.15) is 25.4 Å². The standard InChI is InChI=1S/C79H136O16P2/c1-4-7-10-13-16-19-22-25-28-30-32-33-34-35-36-37-38-39-41-43-45-47-50-53-56-59-62-65-77(82)89-68-74(80)69-91-96(85,86)92-70-75(81)71-93-97(87,88)94-73-76(95-79(84)67-64-61-58-55-52-49-44-27-24-21-18-15-12-9-6-3)72-90-78(83)66-63-60-57-54-51-48-46-42-40-31-29-26-23-20-17-14-11-8-5-2/h8,11,16-17,19-20,25-29,32-33,35-36,40,42,44,48,51,74-76,80-81H,4-7,9-10,12-15,18,21-24,30-31,34,37-39,41,43,45-47,49-50,52-73H2,1-3H3,(H,85,86)(H,87,88)/b11-8-,19-16-,20-17-,28-25-,29-26-,33-32-,36-35-,42-40-,44-27-,51-48-. The largest absolute Gasteiger partial charge is 0.472 e. The summed E-state index contributed by atoms with van der Waals surface area (Å²) in [5.41, 5.74) is 0. The number of phosphoric acid groups is 2. The molecule has 16 nitrogen and oxygen atoms in total. The van der Waals surface area contributed by atoms with Crippen molar-refractivity contribution >= 4 is 33.6 Å². The molecule has 0 saturated carbocycles. The van der Waals surface area contributed by atoms with Crippen LogP contribution in [0.3, 0.4) is 0 Å². The number of ether oxygens (including phenoxy) is 3. The Balaban J connectivity index is 4.59. The van der Waals surface area contributed by atoms with Crippen LogP contribution in [0.4, 0.5) is 0 Å². The van der Waals surface area contributed by atoms with Crippen LogP contribution in [-0.2, 0) is 55.8 Å². The molecule has 0 aromatic carbocycles. The number of phosphoric ester groups is 2. The highest BCUT2D eigenvalue weighted by molar-refractivity contribution is 7.47. The van der Waals surface area contributed by atoms with Crippen molar-refractivity contribution in [2.24, 2.45) is 0 Å². The number of unbranched alkanes of at least 4 members (excludes halogenated alkanes) is 28. The molecule has 0 fully saturated rings. The Morgan fingerprint density at radius 3 is 0.907 bits per heavy atom. The second-order valence-electron chi connectivity index (χ2n) is 25.1. The molecule has 0 aliphatic carbocycles. The van der Waals surface area contributed by atoms with E-state index in [9.17, 15) is 43.5 Å². The number of rotatable bonds is 71. The van der Waals surface area contributed by atoms with Crippen molar-refractivity contribution in [1.82, 2.24) is 0 Å². The first-order valence-corrected chi connectivity index (χ1v) is 40.8. The van der Waals surface area contributed by atoms with E-state index in [0.717, 1.165) is 135 Å². The van der Waals surface area contributed by atoms with Gasteiger partial charge in [0.05, 0.1) is 26.4 Å². The van der Waals surface area contributed by atoms with E-state index in [1.807, 2.05) is 0 Å². The number of hydrogen-bond donors (Lipinski definition) is 4. The predicted octanol–water partition coefficient (Wildman–Crippen LogP) is 21.8. The van der Waals surface area contributed by atoms with Gasteiger partial charge in [-0.2, -0.15) is 0 Å². The van der Waals surface area contributed by atoms with Crippen molar-refractivity contribution in [3.8, 4) is 0 Å².